The monoisotopic (exact) mass is 419 g/mol. The van der Waals surface area contributed by atoms with Crippen molar-refractivity contribution in [2.24, 2.45) is 0 Å². The summed E-state index contributed by atoms with van der Waals surface area (Å²) in [5.41, 5.74) is 2.49. The van der Waals surface area contributed by atoms with Crippen molar-refractivity contribution in [3.8, 4) is 28.7 Å². The van der Waals surface area contributed by atoms with Gasteiger partial charge in [-0.25, -0.2) is 0 Å². The molecular formula is C24H21NO6. The van der Waals surface area contributed by atoms with Gasteiger partial charge in [-0.1, -0.05) is 18.2 Å². The van der Waals surface area contributed by atoms with Crippen LogP contribution in [0.2, 0.25) is 0 Å². The second-order valence-corrected chi connectivity index (χ2v) is 7.26. The van der Waals surface area contributed by atoms with E-state index >= 15 is 0 Å². The SMILES string of the molecule is COc1ccc(CN(Cc2ccc3c(c2)OCO3)C(=O)c2ccc3c(c2)OCO3)cc1. The van der Waals surface area contributed by atoms with Gasteiger partial charge in [-0.15, -0.1) is 0 Å². The first-order chi connectivity index (χ1) is 15.2. The summed E-state index contributed by atoms with van der Waals surface area (Å²) in [7, 11) is 1.63. The molecule has 3 aromatic carbocycles. The minimum absolute atomic E-state index is 0.105. The van der Waals surface area contributed by atoms with Crippen molar-refractivity contribution < 1.29 is 28.5 Å². The van der Waals surface area contributed by atoms with Crippen molar-refractivity contribution in [3.05, 3.63) is 77.4 Å². The van der Waals surface area contributed by atoms with E-state index in [0.29, 0.717) is 41.7 Å². The third-order valence-corrected chi connectivity index (χ3v) is 5.25. The smallest absolute Gasteiger partial charge is 0.254 e. The van der Waals surface area contributed by atoms with E-state index in [1.54, 1.807) is 30.2 Å². The van der Waals surface area contributed by atoms with E-state index in [2.05, 4.69) is 0 Å². The van der Waals surface area contributed by atoms with Gasteiger partial charge in [0.1, 0.15) is 5.75 Å². The van der Waals surface area contributed by atoms with Gasteiger partial charge < -0.3 is 28.6 Å². The van der Waals surface area contributed by atoms with Crippen LogP contribution in [0.1, 0.15) is 21.5 Å². The van der Waals surface area contributed by atoms with Crippen LogP contribution < -0.4 is 23.7 Å². The third-order valence-electron chi connectivity index (χ3n) is 5.25. The summed E-state index contributed by atoms with van der Waals surface area (Å²) in [6, 6.07) is 18.7. The van der Waals surface area contributed by atoms with E-state index in [-0.39, 0.29) is 19.5 Å². The number of ether oxygens (including phenoxy) is 5. The molecule has 0 bridgehead atoms. The summed E-state index contributed by atoms with van der Waals surface area (Å²) in [6.07, 6.45) is 0. The van der Waals surface area contributed by atoms with E-state index in [0.717, 1.165) is 16.9 Å². The highest BCUT2D eigenvalue weighted by Crippen LogP contribution is 2.34. The lowest BCUT2D eigenvalue weighted by atomic mass is 10.1. The van der Waals surface area contributed by atoms with Gasteiger partial charge >= 0.3 is 0 Å². The van der Waals surface area contributed by atoms with Gasteiger partial charge in [0.05, 0.1) is 7.11 Å². The Morgan fingerprint density at radius 3 is 2.06 bits per heavy atom. The molecule has 7 nitrogen and oxygen atoms in total. The van der Waals surface area contributed by atoms with Crippen LogP contribution in [0.3, 0.4) is 0 Å². The summed E-state index contributed by atoms with van der Waals surface area (Å²) in [6.45, 7) is 1.23. The van der Waals surface area contributed by atoms with Crippen LogP contribution in [-0.2, 0) is 13.1 Å². The molecule has 5 rings (SSSR count). The minimum Gasteiger partial charge on any atom is -0.497 e. The molecule has 3 aromatic rings. The molecule has 7 heteroatoms. The molecule has 0 N–H and O–H groups in total. The summed E-state index contributed by atoms with van der Waals surface area (Å²) in [4.78, 5) is 15.2. The van der Waals surface area contributed by atoms with Crippen LogP contribution in [0, 0.1) is 0 Å². The molecule has 0 saturated heterocycles. The lowest BCUT2D eigenvalue weighted by Crippen LogP contribution is -2.30. The number of nitrogens with zero attached hydrogens (tertiary/aromatic N) is 1. The second kappa shape index (κ2) is 8.10. The predicted molar refractivity (Wildman–Crippen MR) is 112 cm³/mol. The standard InChI is InChI=1S/C24H21NO6/c1-27-19-6-2-16(3-7-19)12-25(13-17-4-8-20-22(10-17)30-14-28-20)24(26)18-5-9-21-23(11-18)31-15-29-21/h2-11H,12-15H2,1H3. The van der Waals surface area contributed by atoms with E-state index in [1.807, 2.05) is 42.5 Å². The first kappa shape index (κ1) is 19.1. The average Bonchev–Trinajstić information content (AvgIpc) is 3.47. The van der Waals surface area contributed by atoms with Gasteiger partial charge in [-0.2, -0.15) is 0 Å². The first-order valence-electron chi connectivity index (χ1n) is 9.90. The Morgan fingerprint density at radius 2 is 1.35 bits per heavy atom. The van der Waals surface area contributed by atoms with Crippen LogP contribution in [0.25, 0.3) is 0 Å². The summed E-state index contributed by atoms with van der Waals surface area (Å²) in [5, 5.41) is 0. The highest BCUT2D eigenvalue weighted by Gasteiger charge is 2.22. The molecule has 2 heterocycles. The Kier molecular flexibility index (Phi) is 5.00. The van der Waals surface area contributed by atoms with E-state index in [9.17, 15) is 4.79 Å². The number of hydrogen-bond acceptors (Lipinski definition) is 6. The fraction of sp³-hybridized carbons (Fsp3) is 0.208. The number of fused-ring (bicyclic) bond motifs is 2. The highest BCUT2D eigenvalue weighted by atomic mass is 16.7. The Morgan fingerprint density at radius 1 is 0.774 bits per heavy atom. The molecule has 0 fully saturated rings. The van der Waals surface area contributed by atoms with Gasteiger partial charge in [0, 0.05) is 18.7 Å². The zero-order valence-corrected chi connectivity index (χ0v) is 17.0. The highest BCUT2D eigenvalue weighted by molar-refractivity contribution is 5.95. The van der Waals surface area contributed by atoms with E-state index < -0.39 is 0 Å². The largest absolute Gasteiger partial charge is 0.497 e. The molecule has 2 aliphatic rings. The predicted octanol–water partition coefficient (Wildman–Crippen LogP) is 4.00. The number of benzene rings is 3. The minimum atomic E-state index is -0.105. The molecule has 1 amide bonds. The van der Waals surface area contributed by atoms with Crippen LogP contribution in [-0.4, -0.2) is 31.5 Å². The Balaban J connectivity index is 1.43. The molecule has 0 aromatic heterocycles. The van der Waals surface area contributed by atoms with Crippen LogP contribution in [0.4, 0.5) is 0 Å². The zero-order chi connectivity index (χ0) is 21.2. The Hall–Kier alpha value is -3.87. The number of carbonyl (C=O) groups is 1. The van der Waals surface area contributed by atoms with Crippen molar-refractivity contribution in [2.75, 3.05) is 20.7 Å². The molecular weight excluding hydrogens is 398 g/mol. The fourth-order valence-electron chi connectivity index (χ4n) is 3.62. The van der Waals surface area contributed by atoms with Gasteiger partial charge in [0.2, 0.25) is 13.6 Å². The Labute approximate surface area is 179 Å². The number of carbonyl (C=O) groups excluding carboxylic acids is 1. The lowest BCUT2D eigenvalue weighted by Gasteiger charge is -2.23. The van der Waals surface area contributed by atoms with Crippen molar-refractivity contribution in [2.45, 2.75) is 13.1 Å². The van der Waals surface area contributed by atoms with Crippen molar-refractivity contribution in [1.29, 1.82) is 0 Å². The molecule has 0 atom stereocenters. The second-order valence-electron chi connectivity index (χ2n) is 7.26. The lowest BCUT2D eigenvalue weighted by molar-refractivity contribution is 0.0729. The van der Waals surface area contributed by atoms with Gasteiger partial charge in [-0.3, -0.25) is 4.79 Å². The molecule has 0 aliphatic carbocycles. The Bertz CT molecular complexity index is 1110. The number of methoxy groups -OCH3 is 1. The van der Waals surface area contributed by atoms with Crippen LogP contribution >= 0.6 is 0 Å². The van der Waals surface area contributed by atoms with Gasteiger partial charge in [0.25, 0.3) is 5.91 Å². The topological polar surface area (TPSA) is 66.5 Å². The van der Waals surface area contributed by atoms with E-state index in [4.69, 9.17) is 23.7 Å². The molecule has 0 saturated carbocycles. The number of rotatable bonds is 6. The first-order valence-corrected chi connectivity index (χ1v) is 9.90. The van der Waals surface area contributed by atoms with Crippen LogP contribution in [0.5, 0.6) is 28.7 Å². The van der Waals surface area contributed by atoms with E-state index in [1.165, 1.54) is 0 Å². The average molecular weight is 419 g/mol. The third kappa shape index (κ3) is 3.94. The van der Waals surface area contributed by atoms with Gasteiger partial charge in [0.15, 0.2) is 23.0 Å². The normalized spacial score (nSPS) is 13.2. The molecule has 158 valence electrons. The maximum Gasteiger partial charge on any atom is 0.254 e. The molecule has 0 spiro atoms. The maximum atomic E-state index is 13.5. The number of hydrogen-bond donors (Lipinski definition) is 0. The summed E-state index contributed by atoms with van der Waals surface area (Å²) < 4.78 is 26.9. The molecule has 0 radical (unpaired) electrons. The quantitative estimate of drug-likeness (QED) is 0.602. The van der Waals surface area contributed by atoms with Crippen molar-refractivity contribution in [3.63, 3.8) is 0 Å². The molecule has 2 aliphatic heterocycles. The molecule has 31 heavy (non-hydrogen) atoms. The van der Waals surface area contributed by atoms with Crippen LogP contribution in [0.15, 0.2) is 60.7 Å². The number of amides is 1. The van der Waals surface area contributed by atoms with Gasteiger partial charge in [-0.05, 0) is 53.6 Å². The zero-order valence-electron chi connectivity index (χ0n) is 17.0. The maximum absolute atomic E-state index is 13.5. The summed E-state index contributed by atoms with van der Waals surface area (Å²) >= 11 is 0. The summed E-state index contributed by atoms with van der Waals surface area (Å²) in [5.74, 6) is 3.30. The fourth-order valence-corrected chi connectivity index (χ4v) is 3.62. The molecule has 0 unspecified atom stereocenters. The van der Waals surface area contributed by atoms with Crippen molar-refractivity contribution >= 4 is 5.91 Å². The van der Waals surface area contributed by atoms with Crippen molar-refractivity contribution in [1.82, 2.24) is 4.90 Å².